The van der Waals surface area contributed by atoms with Gasteiger partial charge in [0.25, 0.3) is 0 Å². The number of fused-ring (bicyclic) bond motifs is 4. The first-order chi connectivity index (χ1) is 12.2. The first-order valence-corrected chi connectivity index (χ1v) is 10.3. The number of esters is 2. The molecule has 26 heavy (non-hydrogen) atoms. The minimum absolute atomic E-state index is 0.0482. The molecule has 1 heterocycles. The molecule has 3 aliphatic carbocycles. The second-order valence-electron chi connectivity index (χ2n) is 9.67. The maximum atomic E-state index is 12.0. The van der Waals surface area contributed by atoms with Crippen molar-refractivity contribution in [1.82, 2.24) is 0 Å². The summed E-state index contributed by atoms with van der Waals surface area (Å²) in [6, 6.07) is 0. The van der Waals surface area contributed by atoms with Gasteiger partial charge >= 0.3 is 11.9 Å². The Morgan fingerprint density at radius 1 is 1.12 bits per heavy atom. The maximum Gasteiger partial charge on any atom is 0.306 e. The van der Waals surface area contributed by atoms with E-state index < -0.39 is 11.2 Å². The van der Waals surface area contributed by atoms with Gasteiger partial charge in [-0.3, -0.25) is 9.59 Å². The van der Waals surface area contributed by atoms with E-state index >= 15 is 0 Å². The van der Waals surface area contributed by atoms with Crippen LogP contribution in [0.2, 0.25) is 0 Å². The lowest BCUT2D eigenvalue weighted by Crippen LogP contribution is -2.66. The second-order valence-corrected chi connectivity index (χ2v) is 9.67. The molecule has 1 spiro atoms. The molecule has 1 aliphatic heterocycles. The number of hydrogen-bond acceptors (Lipinski definition) is 5. The van der Waals surface area contributed by atoms with Gasteiger partial charge in [0, 0.05) is 25.7 Å². The van der Waals surface area contributed by atoms with Crippen molar-refractivity contribution in [1.29, 1.82) is 0 Å². The lowest BCUT2D eigenvalue weighted by atomic mass is 9.45. The van der Waals surface area contributed by atoms with E-state index in [-0.39, 0.29) is 29.4 Å². The Labute approximate surface area is 155 Å². The lowest BCUT2D eigenvalue weighted by Gasteiger charge is -2.63. The van der Waals surface area contributed by atoms with Crippen molar-refractivity contribution in [3.05, 3.63) is 0 Å². The van der Waals surface area contributed by atoms with E-state index in [1.54, 1.807) is 0 Å². The molecule has 3 saturated carbocycles. The van der Waals surface area contributed by atoms with Gasteiger partial charge in [0.2, 0.25) is 0 Å². The zero-order chi connectivity index (χ0) is 18.7. The number of carbonyl (C=O) groups is 2. The third-order valence-electron chi connectivity index (χ3n) is 8.43. The average molecular weight is 364 g/mol. The van der Waals surface area contributed by atoms with Crippen molar-refractivity contribution in [2.24, 2.45) is 23.2 Å². The molecule has 1 saturated heterocycles. The van der Waals surface area contributed by atoms with Gasteiger partial charge < -0.3 is 14.6 Å². The first kappa shape index (κ1) is 18.3. The molecule has 5 heteroatoms. The van der Waals surface area contributed by atoms with E-state index in [1.807, 2.05) is 6.92 Å². The van der Waals surface area contributed by atoms with Crippen molar-refractivity contribution in [2.45, 2.75) is 95.9 Å². The third kappa shape index (κ3) is 2.53. The Hall–Kier alpha value is -1.10. The Morgan fingerprint density at radius 3 is 2.54 bits per heavy atom. The monoisotopic (exact) mass is 364 g/mol. The number of aliphatic hydroxyl groups is 1. The highest BCUT2D eigenvalue weighted by Crippen LogP contribution is 2.65. The van der Waals surface area contributed by atoms with Crippen LogP contribution >= 0.6 is 0 Å². The molecule has 0 radical (unpaired) electrons. The smallest absolute Gasteiger partial charge is 0.306 e. The van der Waals surface area contributed by atoms with Crippen LogP contribution in [-0.2, 0) is 19.1 Å². The van der Waals surface area contributed by atoms with Crippen LogP contribution in [0.1, 0.15) is 78.6 Å². The summed E-state index contributed by atoms with van der Waals surface area (Å²) in [5.41, 5.74) is -1.45. The molecule has 1 N–H and O–H groups in total. The van der Waals surface area contributed by atoms with Gasteiger partial charge in [0.1, 0.15) is 17.3 Å². The highest BCUT2D eigenvalue weighted by atomic mass is 16.6. The summed E-state index contributed by atoms with van der Waals surface area (Å²) in [7, 11) is 0. The number of rotatable bonds is 1. The highest BCUT2D eigenvalue weighted by molar-refractivity contribution is 5.72. The van der Waals surface area contributed by atoms with Gasteiger partial charge in [-0.2, -0.15) is 0 Å². The standard InChI is InChI=1S/C21H32O5/c1-13(22)25-15-6-9-19(2)14(12-15)4-5-17-16(19)7-10-20(3,24)21(17)11-8-18(23)26-21/h14-17,24H,4-12H2,1-3H3. The predicted octanol–water partition coefficient (Wildman–Crippen LogP) is 3.37. The Morgan fingerprint density at radius 2 is 1.88 bits per heavy atom. The quantitative estimate of drug-likeness (QED) is 0.722. The van der Waals surface area contributed by atoms with Crippen LogP contribution in [0.25, 0.3) is 0 Å². The predicted molar refractivity (Wildman–Crippen MR) is 95.1 cm³/mol. The average Bonchev–Trinajstić information content (AvgIpc) is 2.95. The van der Waals surface area contributed by atoms with E-state index in [9.17, 15) is 14.7 Å². The molecule has 0 aromatic rings. The molecule has 0 aromatic carbocycles. The van der Waals surface area contributed by atoms with E-state index in [0.717, 1.165) is 38.5 Å². The molecule has 4 fully saturated rings. The van der Waals surface area contributed by atoms with Gasteiger partial charge in [-0.25, -0.2) is 0 Å². The highest BCUT2D eigenvalue weighted by Gasteiger charge is 2.66. The summed E-state index contributed by atoms with van der Waals surface area (Å²) < 4.78 is 11.4. The molecule has 0 amide bonds. The normalized spacial score (nSPS) is 50.7. The number of ether oxygens (including phenoxy) is 2. The summed E-state index contributed by atoms with van der Waals surface area (Å²) in [6.07, 6.45) is 7.76. The maximum absolute atomic E-state index is 12.0. The van der Waals surface area contributed by atoms with Gasteiger partial charge in [0.15, 0.2) is 0 Å². The van der Waals surface area contributed by atoms with E-state index in [2.05, 4.69) is 6.92 Å². The number of carbonyl (C=O) groups excluding carboxylic acids is 2. The molecule has 7 unspecified atom stereocenters. The molecular formula is C21H32O5. The molecule has 0 bridgehead atoms. The van der Waals surface area contributed by atoms with Crippen molar-refractivity contribution in [3.8, 4) is 0 Å². The molecule has 7 atom stereocenters. The minimum Gasteiger partial charge on any atom is -0.463 e. The fraction of sp³-hybridized carbons (Fsp3) is 0.905. The molecule has 5 nitrogen and oxygen atoms in total. The summed E-state index contributed by atoms with van der Waals surface area (Å²) in [6.45, 7) is 5.75. The first-order valence-electron chi connectivity index (χ1n) is 10.3. The summed E-state index contributed by atoms with van der Waals surface area (Å²) in [4.78, 5) is 23.4. The van der Waals surface area contributed by atoms with Crippen LogP contribution < -0.4 is 0 Å². The van der Waals surface area contributed by atoms with Crippen LogP contribution in [0.5, 0.6) is 0 Å². The van der Waals surface area contributed by atoms with Crippen LogP contribution in [0.4, 0.5) is 0 Å². The summed E-state index contributed by atoms with van der Waals surface area (Å²) in [5.74, 6) is 0.906. The SMILES string of the molecule is CC(=O)OC1CCC2(C)C(CCC3C2CCC(C)(O)C32CCC(=O)O2)C1. The Kier molecular flexibility index (Phi) is 4.18. The summed E-state index contributed by atoms with van der Waals surface area (Å²) >= 11 is 0. The fourth-order valence-corrected chi connectivity index (χ4v) is 7.07. The zero-order valence-electron chi connectivity index (χ0n) is 16.3. The molecule has 0 aromatic heterocycles. The minimum atomic E-state index is -0.932. The van der Waals surface area contributed by atoms with Crippen molar-refractivity contribution >= 4 is 11.9 Å². The second kappa shape index (κ2) is 5.95. The molecule has 4 rings (SSSR count). The molecular weight excluding hydrogens is 332 g/mol. The van der Waals surface area contributed by atoms with Gasteiger partial charge in [0.05, 0.1) is 0 Å². The Bertz CT molecular complexity index is 614. The number of hydrogen-bond donors (Lipinski definition) is 1. The van der Waals surface area contributed by atoms with Gasteiger partial charge in [-0.05, 0) is 69.1 Å². The van der Waals surface area contributed by atoms with Crippen molar-refractivity contribution in [3.63, 3.8) is 0 Å². The summed E-state index contributed by atoms with van der Waals surface area (Å²) in [5, 5.41) is 11.2. The van der Waals surface area contributed by atoms with Gasteiger partial charge in [-0.1, -0.05) is 6.92 Å². The zero-order valence-corrected chi connectivity index (χ0v) is 16.3. The Balaban J connectivity index is 1.61. The molecule has 4 aliphatic rings. The van der Waals surface area contributed by atoms with Crippen LogP contribution in [0.15, 0.2) is 0 Å². The van der Waals surface area contributed by atoms with E-state index in [0.29, 0.717) is 31.1 Å². The van der Waals surface area contributed by atoms with Crippen molar-refractivity contribution in [2.75, 3.05) is 0 Å². The fourth-order valence-electron chi connectivity index (χ4n) is 7.07. The van der Waals surface area contributed by atoms with E-state index in [1.165, 1.54) is 6.92 Å². The van der Waals surface area contributed by atoms with Crippen molar-refractivity contribution < 1.29 is 24.2 Å². The third-order valence-corrected chi connectivity index (χ3v) is 8.43. The molecule has 146 valence electrons. The van der Waals surface area contributed by atoms with Gasteiger partial charge in [-0.15, -0.1) is 0 Å². The van der Waals surface area contributed by atoms with E-state index in [4.69, 9.17) is 9.47 Å². The van der Waals surface area contributed by atoms with Crippen LogP contribution in [0.3, 0.4) is 0 Å². The topological polar surface area (TPSA) is 72.8 Å². The largest absolute Gasteiger partial charge is 0.463 e. The van der Waals surface area contributed by atoms with Crippen LogP contribution in [0, 0.1) is 23.2 Å². The van der Waals surface area contributed by atoms with Crippen LogP contribution in [-0.4, -0.2) is 34.4 Å². The lowest BCUT2D eigenvalue weighted by molar-refractivity contribution is -0.244.